The smallest absolute Gasteiger partial charge is 0.191 e. The number of nitrogens with one attached hydrogen (secondary N) is 2. The molecule has 0 aromatic carbocycles. The van der Waals surface area contributed by atoms with Gasteiger partial charge in [-0.25, -0.2) is 0 Å². The van der Waals surface area contributed by atoms with E-state index in [0.717, 1.165) is 31.9 Å². The Balaban J connectivity index is 1.96. The first kappa shape index (κ1) is 9.77. The molecule has 0 aromatic rings. The molecule has 1 saturated carbocycles. The van der Waals surface area contributed by atoms with Gasteiger partial charge in [-0.2, -0.15) is 0 Å². The van der Waals surface area contributed by atoms with Crippen LogP contribution < -0.4 is 10.6 Å². The Bertz CT molecular complexity index is 221. The fraction of sp³-hybridized carbons (Fsp3) is 0.900. The van der Waals surface area contributed by atoms with Gasteiger partial charge in [0.15, 0.2) is 5.96 Å². The van der Waals surface area contributed by atoms with E-state index in [1.807, 2.05) is 0 Å². The van der Waals surface area contributed by atoms with Crippen LogP contribution in [0, 0.1) is 0 Å². The Kier molecular flexibility index (Phi) is 2.91. The lowest BCUT2D eigenvalue weighted by molar-refractivity contribution is 0.138. The average Bonchev–Trinajstić information content (AvgIpc) is 2.72. The van der Waals surface area contributed by atoms with Crippen molar-refractivity contribution in [2.24, 2.45) is 4.99 Å². The molecule has 0 saturated heterocycles. The van der Waals surface area contributed by atoms with Gasteiger partial charge in [0.1, 0.15) is 0 Å². The van der Waals surface area contributed by atoms with E-state index >= 15 is 0 Å². The van der Waals surface area contributed by atoms with Crippen molar-refractivity contribution >= 4 is 5.96 Å². The van der Waals surface area contributed by atoms with Crippen molar-refractivity contribution < 1.29 is 5.11 Å². The van der Waals surface area contributed by atoms with Gasteiger partial charge in [0.25, 0.3) is 0 Å². The van der Waals surface area contributed by atoms with Crippen LogP contribution in [0.2, 0.25) is 0 Å². The first-order chi connectivity index (χ1) is 6.85. The molecule has 14 heavy (non-hydrogen) atoms. The molecular weight excluding hydrogens is 178 g/mol. The summed E-state index contributed by atoms with van der Waals surface area (Å²) in [6.07, 6.45) is 5.83. The van der Waals surface area contributed by atoms with E-state index in [4.69, 9.17) is 0 Å². The van der Waals surface area contributed by atoms with E-state index in [0.29, 0.717) is 0 Å². The Morgan fingerprint density at radius 2 is 2.14 bits per heavy atom. The molecule has 0 atom stereocenters. The summed E-state index contributed by atoms with van der Waals surface area (Å²) in [4.78, 5) is 4.31. The maximum absolute atomic E-state index is 9.46. The number of aliphatic hydroxyl groups is 1. The first-order valence-corrected chi connectivity index (χ1v) is 5.52. The third-order valence-corrected chi connectivity index (χ3v) is 3.17. The van der Waals surface area contributed by atoms with Crippen LogP contribution in [-0.4, -0.2) is 36.3 Å². The van der Waals surface area contributed by atoms with Crippen molar-refractivity contribution in [1.29, 1.82) is 0 Å². The van der Waals surface area contributed by atoms with Gasteiger partial charge >= 0.3 is 0 Å². The Hall–Kier alpha value is -0.770. The summed E-state index contributed by atoms with van der Waals surface area (Å²) < 4.78 is 0. The lowest BCUT2D eigenvalue weighted by Crippen LogP contribution is -2.55. The number of hydrogen-bond acceptors (Lipinski definition) is 4. The van der Waals surface area contributed by atoms with Crippen LogP contribution in [-0.2, 0) is 0 Å². The van der Waals surface area contributed by atoms with Gasteiger partial charge in [0.05, 0.1) is 18.7 Å². The Morgan fingerprint density at radius 3 is 2.71 bits per heavy atom. The number of guanidine groups is 1. The molecule has 0 bridgehead atoms. The Labute approximate surface area is 84.8 Å². The molecule has 0 aromatic heterocycles. The second-order valence-corrected chi connectivity index (χ2v) is 4.28. The molecule has 1 aliphatic carbocycles. The molecule has 80 valence electrons. The minimum absolute atomic E-state index is 0.103. The summed E-state index contributed by atoms with van der Waals surface area (Å²) in [5.74, 6) is 0.876. The van der Waals surface area contributed by atoms with Gasteiger partial charge in [0.2, 0.25) is 0 Å². The van der Waals surface area contributed by atoms with Crippen molar-refractivity contribution in [3.8, 4) is 0 Å². The van der Waals surface area contributed by atoms with Gasteiger partial charge in [-0.1, -0.05) is 19.3 Å². The summed E-state index contributed by atoms with van der Waals surface area (Å²) in [7, 11) is 0. The van der Waals surface area contributed by atoms with Crippen LogP contribution in [0.1, 0.15) is 32.1 Å². The molecule has 1 heterocycles. The van der Waals surface area contributed by atoms with Crippen molar-refractivity contribution in [1.82, 2.24) is 10.6 Å². The normalized spacial score (nSPS) is 25.4. The van der Waals surface area contributed by atoms with Crippen LogP contribution >= 0.6 is 0 Å². The van der Waals surface area contributed by atoms with Crippen LogP contribution in [0.25, 0.3) is 0 Å². The predicted molar refractivity (Wildman–Crippen MR) is 56.3 cm³/mol. The molecule has 0 unspecified atom stereocenters. The van der Waals surface area contributed by atoms with Gasteiger partial charge in [0, 0.05) is 6.54 Å². The van der Waals surface area contributed by atoms with E-state index in [9.17, 15) is 5.11 Å². The molecule has 1 fully saturated rings. The van der Waals surface area contributed by atoms with Gasteiger partial charge < -0.3 is 15.7 Å². The van der Waals surface area contributed by atoms with Gasteiger partial charge in [-0.05, 0) is 12.8 Å². The topological polar surface area (TPSA) is 56.6 Å². The average molecular weight is 197 g/mol. The number of nitrogens with zero attached hydrogens (tertiary/aromatic N) is 1. The largest absolute Gasteiger partial charge is 0.394 e. The third-order valence-electron chi connectivity index (χ3n) is 3.17. The standard InChI is InChI=1S/C10H19N3O/c14-8-10(4-2-1-3-5-10)13-9-11-6-7-12-9/h14H,1-8H2,(H2,11,12,13). The monoisotopic (exact) mass is 197 g/mol. The molecule has 3 N–H and O–H groups in total. The van der Waals surface area contributed by atoms with Crippen LogP contribution in [0.15, 0.2) is 4.99 Å². The van der Waals surface area contributed by atoms with Crippen molar-refractivity contribution in [3.05, 3.63) is 0 Å². The van der Waals surface area contributed by atoms with E-state index < -0.39 is 0 Å². The second kappa shape index (κ2) is 4.17. The quantitative estimate of drug-likeness (QED) is 0.594. The number of hydrogen-bond donors (Lipinski definition) is 3. The van der Waals surface area contributed by atoms with Gasteiger partial charge in [-0.3, -0.25) is 4.99 Å². The van der Waals surface area contributed by atoms with Crippen molar-refractivity contribution in [2.75, 3.05) is 19.7 Å². The molecular formula is C10H19N3O. The second-order valence-electron chi connectivity index (χ2n) is 4.28. The zero-order valence-corrected chi connectivity index (χ0v) is 8.55. The van der Waals surface area contributed by atoms with Crippen LogP contribution in [0.4, 0.5) is 0 Å². The highest BCUT2D eigenvalue weighted by atomic mass is 16.3. The fourth-order valence-electron chi connectivity index (χ4n) is 2.28. The SMILES string of the molecule is OCC1(NC2=NCCN2)CCCCC1. The molecule has 2 aliphatic rings. The van der Waals surface area contributed by atoms with Crippen LogP contribution in [0.3, 0.4) is 0 Å². The molecule has 2 rings (SSSR count). The lowest BCUT2D eigenvalue weighted by atomic mass is 9.82. The van der Waals surface area contributed by atoms with E-state index in [-0.39, 0.29) is 12.1 Å². The summed E-state index contributed by atoms with van der Waals surface area (Å²) in [6.45, 7) is 1.99. The minimum Gasteiger partial charge on any atom is -0.394 e. The van der Waals surface area contributed by atoms with E-state index in [1.165, 1.54) is 19.3 Å². The zero-order chi connectivity index (χ0) is 9.86. The maximum atomic E-state index is 9.46. The lowest BCUT2D eigenvalue weighted by Gasteiger charge is -2.37. The third kappa shape index (κ3) is 2.00. The number of aliphatic hydroxyl groups excluding tert-OH is 1. The molecule has 4 nitrogen and oxygen atoms in total. The van der Waals surface area contributed by atoms with Gasteiger partial charge in [-0.15, -0.1) is 0 Å². The highest BCUT2D eigenvalue weighted by Crippen LogP contribution is 2.27. The number of rotatable bonds is 2. The predicted octanol–water partition coefficient (Wildman–Crippen LogP) is 0.230. The fourth-order valence-corrected chi connectivity index (χ4v) is 2.28. The molecule has 0 amide bonds. The summed E-state index contributed by atoms with van der Waals surface area (Å²) >= 11 is 0. The highest BCUT2D eigenvalue weighted by molar-refractivity contribution is 5.82. The minimum atomic E-state index is -0.103. The Morgan fingerprint density at radius 1 is 1.36 bits per heavy atom. The van der Waals surface area contributed by atoms with Crippen LogP contribution in [0.5, 0.6) is 0 Å². The van der Waals surface area contributed by atoms with E-state index in [1.54, 1.807) is 0 Å². The van der Waals surface area contributed by atoms with E-state index in [2.05, 4.69) is 15.6 Å². The molecule has 1 aliphatic heterocycles. The summed E-state index contributed by atoms with van der Waals surface area (Å²) in [5.41, 5.74) is -0.103. The summed E-state index contributed by atoms with van der Waals surface area (Å²) in [5, 5.41) is 16.0. The van der Waals surface area contributed by atoms with Crippen molar-refractivity contribution in [3.63, 3.8) is 0 Å². The zero-order valence-electron chi connectivity index (χ0n) is 8.55. The first-order valence-electron chi connectivity index (χ1n) is 5.52. The summed E-state index contributed by atoms with van der Waals surface area (Å²) in [6, 6.07) is 0. The molecule has 0 radical (unpaired) electrons. The molecule has 0 spiro atoms. The van der Waals surface area contributed by atoms with Crippen molar-refractivity contribution in [2.45, 2.75) is 37.6 Å². The maximum Gasteiger partial charge on any atom is 0.191 e. The highest BCUT2D eigenvalue weighted by Gasteiger charge is 2.32. The number of aliphatic imine (C=N–C) groups is 1. The molecule has 4 heteroatoms.